The van der Waals surface area contributed by atoms with Crippen molar-refractivity contribution < 1.29 is 4.42 Å². The maximum atomic E-state index is 6.05. The Morgan fingerprint density at radius 3 is 3.00 bits per heavy atom. The predicted molar refractivity (Wildman–Crippen MR) is 109 cm³/mol. The summed E-state index contributed by atoms with van der Waals surface area (Å²) in [7, 11) is 0. The molecule has 1 aliphatic rings. The molecule has 0 spiro atoms. The Labute approximate surface area is 171 Å². The number of aryl methyl sites for hydroxylation is 1. The number of hydrogen-bond donors (Lipinski definition) is 1. The molecule has 0 aromatic carbocycles. The van der Waals surface area contributed by atoms with Crippen molar-refractivity contribution in [1.82, 2.24) is 34.8 Å². The lowest BCUT2D eigenvalue weighted by Crippen LogP contribution is -2.36. The second-order valence-electron chi connectivity index (χ2n) is 7.31. The Morgan fingerprint density at radius 2 is 2.10 bits per heavy atom. The van der Waals surface area contributed by atoms with Crippen molar-refractivity contribution in [2.24, 2.45) is 0 Å². The van der Waals surface area contributed by atoms with Crippen LogP contribution in [-0.4, -0.2) is 41.3 Å². The second kappa shape index (κ2) is 6.51. The minimum absolute atomic E-state index is 0.223. The summed E-state index contributed by atoms with van der Waals surface area (Å²) in [5, 5.41) is 13.4. The van der Waals surface area contributed by atoms with Gasteiger partial charge in [-0.05, 0) is 37.3 Å². The largest absolute Gasteiger partial charge is 0.402 e. The number of aromatic amines is 1. The standard InChI is InChI=1S/C21H18N8O/c1-13-5-4-7-16(24-13)20-25-26-21(30-20)28-10-8-15-18(23-12-22-15)19(28)17-11-14-6-2-3-9-29(14)27-17/h2-7,9,11-12,19H,8,10H2,1H3,(H,22,23)/t19-/m0/s1. The molecule has 1 atom stereocenters. The lowest BCUT2D eigenvalue weighted by molar-refractivity contribution is 0.502. The number of aromatic nitrogens is 7. The third-order valence-corrected chi connectivity index (χ3v) is 5.36. The number of fused-ring (bicyclic) bond motifs is 2. The first kappa shape index (κ1) is 16.9. The second-order valence-corrected chi connectivity index (χ2v) is 7.31. The molecule has 0 saturated carbocycles. The fourth-order valence-electron chi connectivity index (χ4n) is 3.97. The van der Waals surface area contributed by atoms with Crippen LogP contribution in [0.3, 0.4) is 0 Å². The molecule has 0 saturated heterocycles. The van der Waals surface area contributed by atoms with Crippen LogP contribution in [0.15, 0.2) is 59.4 Å². The Bertz CT molecular complexity index is 1320. The van der Waals surface area contributed by atoms with Gasteiger partial charge in [0.1, 0.15) is 11.7 Å². The zero-order valence-electron chi connectivity index (χ0n) is 16.2. The molecular weight excluding hydrogens is 380 g/mol. The van der Waals surface area contributed by atoms with Gasteiger partial charge >= 0.3 is 6.01 Å². The van der Waals surface area contributed by atoms with Gasteiger partial charge in [-0.3, -0.25) is 0 Å². The SMILES string of the molecule is Cc1cccc(-c2nnc(N3CCc4[nH]cnc4[C@@H]3c3cc4ccccn4n3)o2)n1. The molecule has 0 fully saturated rings. The molecule has 9 nitrogen and oxygen atoms in total. The minimum atomic E-state index is -0.223. The van der Waals surface area contributed by atoms with Gasteiger partial charge in [0.05, 0.1) is 23.2 Å². The van der Waals surface area contributed by atoms with E-state index < -0.39 is 0 Å². The van der Waals surface area contributed by atoms with Gasteiger partial charge in [-0.1, -0.05) is 17.2 Å². The monoisotopic (exact) mass is 398 g/mol. The summed E-state index contributed by atoms with van der Waals surface area (Å²) in [5.74, 6) is 0.398. The van der Waals surface area contributed by atoms with E-state index in [-0.39, 0.29) is 6.04 Å². The fraction of sp³-hybridized carbons (Fsp3) is 0.190. The molecule has 148 valence electrons. The molecular formula is C21H18N8O. The molecule has 5 aromatic rings. The molecule has 0 aliphatic carbocycles. The number of imidazole rings is 1. The molecule has 5 aromatic heterocycles. The van der Waals surface area contributed by atoms with Crippen molar-refractivity contribution in [3.8, 4) is 11.6 Å². The van der Waals surface area contributed by atoms with Crippen LogP contribution in [-0.2, 0) is 6.42 Å². The van der Waals surface area contributed by atoms with Crippen LogP contribution in [0.4, 0.5) is 6.01 Å². The number of pyridine rings is 2. The van der Waals surface area contributed by atoms with E-state index in [4.69, 9.17) is 9.52 Å². The van der Waals surface area contributed by atoms with E-state index in [1.807, 2.05) is 54.0 Å². The highest BCUT2D eigenvalue weighted by Crippen LogP contribution is 2.36. The maximum absolute atomic E-state index is 6.05. The highest BCUT2D eigenvalue weighted by molar-refractivity contribution is 5.53. The van der Waals surface area contributed by atoms with Gasteiger partial charge in [0.25, 0.3) is 5.89 Å². The first-order chi connectivity index (χ1) is 14.8. The van der Waals surface area contributed by atoms with Gasteiger partial charge in [0, 0.05) is 30.6 Å². The van der Waals surface area contributed by atoms with Gasteiger partial charge < -0.3 is 14.3 Å². The van der Waals surface area contributed by atoms with E-state index in [0.717, 1.165) is 34.7 Å². The summed E-state index contributed by atoms with van der Waals surface area (Å²) < 4.78 is 7.92. The Morgan fingerprint density at radius 1 is 1.13 bits per heavy atom. The zero-order chi connectivity index (χ0) is 20.1. The average molecular weight is 398 g/mol. The van der Waals surface area contributed by atoms with Gasteiger partial charge in [0.2, 0.25) is 0 Å². The van der Waals surface area contributed by atoms with Crippen molar-refractivity contribution in [3.05, 3.63) is 77.8 Å². The van der Waals surface area contributed by atoms with Gasteiger partial charge in [0.15, 0.2) is 0 Å². The number of hydrogen-bond acceptors (Lipinski definition) is 7. The van der Waals surface area contributed by atoms with Crippen molar-refractivity contribution in [3.63, 3.8) is 0 Å². The summed E-state index contributed by atoms with van der Waals surface area (Å²) in [6.45, 7) is 2.64. The number of nitrogens with one attached hydrogen (secondary N) is 1. The molecule has 0 amide bonds. The van der Waals surface area contributed by atoms with Crippen LogP contribution in [0.5, 0.6) is 0 Å². The van der Waals surface area contributed by atoms with Crippen molar-refractivity contribution in [2.45, 2.75) is 19.4 Å². The molecule has 0 radical (unpaired) electrons. The smallest absolute Gasteiger partial charge is 0.319 e. The summed E-state index contributed by atoms with van der Waals surface area (Å²) in [4.78, 5) is 14.4. The third-order valence-electron chi connectivity index (χ3n) is 5.36. The summed E-state index contributed by atoms with van der Waals surface area (Å²) in [5.41, 5.74) is 5.49. The van der Waals surface area contributed by atoms with E-state index in [0.29, 0.717) is 24.1 Å². The van der Waals surface area contributed by atoms with Crippen LogP contribution in [0.1, 0.15) is 28.8 Å². The minimum Gasteiger partial charge on any atom is -0.402 e. The fourth-order valence-corrected chi connectivity index (χ4v) is 3.97. The highest BCUT2D eigenvalue weighted by atomic mass is 16.4. The molecule has 6 rings (SSSR count). The van der Waals surface area contributed by atoms with E-state index >= 15 is 0 Å². The van der Waals surface area contributed by atoms with E-state index in [1.54, 1.807) is 6.33 Å². The lowest BCUT2D eigenvalue weighted by Gasteiger charge is -2.32. The van der Waals surface area contributed by atoms with Crippen molar-refractivity contribution in [2.75, 3.05) is 11.4 Å². The molecule has 9 heteroatoms. The van der Waals surface area contributed by atoms with Gasteiger partial charge in [-0.25, -0.2) is 14.5 Å². The van der Waals surface area contributed by atoms with Crippen molar-refractivity contribution in [1.29, 1.82) is 0 Å². The summed E-state index contributed by atoms with van der Waals surface area (Å²) >= 11 is 0. The van der Waals surface area contributed by atoms with Crippen molar-refractivity contribution >= 4 is 11.5 Å². The van der Waals surface area contributed by atoms with Crippen LogP contribution in [0, 0.1) is 6.92 Å². The predicted octanol–water partition coefficient (Wildman–Crippen LogP) is 2.96. The van der Waals surface area contributed by atoms with Crippen LogP contribution in [0.2, 0.25) is 0 Å². The Kier molecular flexibility index (Phi) is 3.67. The van der Waals surface area contributed by atoms with E-state index in [2.05, 4.69) is 36.1 Å². The quantitative estimate of drug-likeness (QED) is 0.498. The summed E-state index contributed by atoms with van der Waals surface area (Å²) in [6.07, 6.45) is 4.47. The molecule has 30 heavy (non-hydrogen) atoms. The topological polar surface area (TPSA) is 101 Å². The average Bonchev–Trinajstić information content (AvgIpc) is 3.51. The molecule has 6 heterocycles. The number of rotatable bonds is 3. The molecule has 0 unspecified atom stereocenters. The molecule has 1 N–H and O–H groups in total. The number of H-pyrrole nitrogens is 1. The number of anilines is 1. The first-order valence-electron chi connectivity index (χ1n) is 9.77. The Hall–Kier alpha value is -4.01. The lowest BCUT2D eigenvalue weighted by atomic mass is 10.0. The molecule has 0 bridgehead atoms. The van der Waals surface area contributed by atoms with Gasteiger partial charge in [-0.15, -0.1) is 5.10 Å². The van der Waals surface area contributed by atoms with Crippen LogP contribution >= 0.6 is 0 Å². The third kappa shape index (κ3) is 2.66. The van der Waals surface area contributed by atoms with E-state index in [9.17, 15) is 0 Å². The normalized spacial score (nSPS) is 16.2. The number of nitrogens with zero attached hydrogens (tertiary/aromatic N) is 7. The zero-order valence-corrected chi connectivity index (χ0v) is 16.2. The highest BCUT2D eigenvalue weighted by Gasteiger charge is 2.36. The van der Waals surface area contributed by atoms with Gasteiger partial charge in [-0.2, -0.15) is 5.10 Å². The van der Waals surface area contributed by atoms with Crippen LogP contribution < -0.4 is 4.90 Å². The first-order valence-corrected chi connectivity index (χ1v) is 9.77. The Balaban J connectivity index is 1.44. The van der Waals surface area contributed by atoms with Crippen LogP contribution in [0.25, 0.3) is 17.1 Å². The summed E-state index contributed by atoms with van der Waals surface area (Å²) in [6, 6.07) is 14.0. The maximum Gasteiger partial charge on any atom is 0.319 e. The van der Waals surface area contributed by atoms with E-state index in [1.165, 1.54) is 0 Å². The molecule has 1 aliphatic heterocycles.